The van der Waals surface area contributed by atoms with Crippen LogP contribution in [-0.4, -0.2) is 22.8 Å². The maximum absolute atomic E-state index is 12.6. The molecule has 1 aromatic carbocycles. The van der Waals surface area contributed by atoms with Gasteiger partial charge in [0.2, 0.25) is 0 Å². The first-order valence-electron chi connectivity index (χ1n) is 8.30. The summed E-state index contributed by atoms with van der Waals surface area (Å²) in [5, 5.41) is 2.68. The fourth-order valence-corrected chi connectivity index (χ4v) is 3.39. The predicted octanol–water partition coefficient (Wildman–Crippen LogP) is 5.11. The Labute approximate surface area is 152 Å². The van der Waals surface area contributed by atoms with Crippen molar-refractivity contribution in [1.82, 2.24) is 9.88 Å². The number of aryl methyl sites for hydroxylation is 1. The van der Waals surface area contributed by atoms with Crippen LogP contribution in [0.5, 0.6) is 0 Å². The smallest absolute Gasteiger partial charge is 0.273 e. The van der Waals surface area contributed by atoms with Gasteiger partial charge in [-0.05, 0) is 30.5 Å². The quantitative estimate of drug-likeness (QED) is 0.640. The van der Waals surface area contributed by atoms with Crippen molar-refractivity contribution in [3.05, 3.63) is 64.6 Å². The van der Waals surface area contributed by atoms with E-state index in [4.69, 9.17) is 4.42 Å². The maximum Gasteiger partial charge on any atom is 0.273 e. The first kappa shape index (κ1) is 17.4. The summed E-state index contributed by atoms with van der Waals surface area (Å²) in [6, 6.07) is 12.2. The Hall–Kier alpha value is -2.40. The van der Waals surface area contributed by atoms with Gasteiger partial charge in [0.05, 0.1) is 6.54 Å². The molecule has 2 heterocycles. The van der Waals surface area contributed by atoms with E-state index in [1.807, 2.05) is 24.4 Å². The fraction of sp³-hybridized carbons (Fsp3) is 0.300. The lowest BCUT2D eigenvalue weighted by Gasteiger charge is -2.14. The Balaban J connectivity index is 1.72. The van der Waals surface area contributed by atoms with Gasteiger partial charge in [0.15, 0.2) is 0 Å². The number of rotatable bonds is 5. The summed E-state index contributed by atoms with van der Waals surface area (Å²) in [6.07, 6.45) is 0. The van der Waals surface area contributed by atoms with Crippen LogP contribution < -0.4 is 0 Å². The Bertz CT molecular complexity index is 862. The van der Waals surface area contributed by atoms with E-state index in [1.54, 1.807) is 11.9 Å². The van der Waals surface area contributed by atoms with Crippen molar-refractivity contribution in [1.29, 1.82) is 0 Å². The summed E-state index contributed by atoms with van der Waals surface area (Å²) in [7, 11) is 1.76. The largest absolute Gasteiger partial charge is 0.464 e. The first-order chi connectivity index (χ1) is 11.9. The van der Waals surface area contributed by atoms with Crippen LogP contribution in [0, 0.1) is 6.92 Å². The van der Waals surface area contributed by atoms with Crippen LogP contribution in [0.15, 0.2) is 46.2 Å². The zero-order valence-electron chi connectivity index (χ0n) is 14.9. The van der Waals surface area contributed by atoms with Gasteiger partial charge in [-0.25, -0.2) is 4.98 Å². The number of hydrogen-bond acceptors (Lipinski definition) is 4. The van der Waals surface area contributed by atoms with Gasteiger partial charge in [0, 0.05) is 18.0 Å². The van der Waals surface area contributed by atoms with Crippen LogP contribution in [0.25, 0.3) is 10.6 Å². The van der Waals surface area contributed by atoms with Gasteiger partial charge < -0.3 is 9.32 Å². The Morgan fingerprint density at radius 2 is 1.92 bits per heavy atom. The molecule has 5 heteroatoms. The molecule has 0 N–H and O–H groups in total. The second kappa shape index (κ2) is 7.23. The van der Waals surface area contributed by atoms with Gasteiger partial charge in [-0.15, -0.1) is 11.3 Å². The van der Waals surface area contributed by atoms with Crippen molar-refractivity contribution in [3.8, 4) is 10.6 Å². The zero-order valence-corrected chi connectivity index (χ0v) is 15.8. The molecule has 0 fully saturated rings. The maximum atomic E-state index is 12.6. The molecule has 25 heavy (non-hydrogen) atoms. The van der Waals surface area contributed by atoms with E-state index in [0.717, 1.165) is 22.1 Å². The molecular formula is C20H22N2O2S. The predicted molar refractivity (Wildman–Crippen MR) is 101 cm³/mol. The number of carbonyl (C=O) groups excluding carboxylic acids is 1. The lowest BCUT2D eigenvalue weighted by atomic mass is 10.0. The highest BCUT2D eigenvalue weighted by molar-refractivity contribution is 7.13. The van der Waals surface area contributed by atoms with E-state index >= 15 is 0 Å². The molecule has 0 saturated carbocycles. The van der Waals surface area contributed by atoms with E-state index in [0.29, 0.717) is 18.2 Å². The molecule has 0 spiro atoms. The number of nitrogens with zero attached hydrogens (tertiary/aromatic N) is 2. The number of amides is 1. The van der Waals surface area contributed by atoms with Gasteiger partial charge in [-0.1, -0.05) is 38.1 Å². The first-order valence-corrected chi connectivity index (χ1v) is 9.18. The minimum Gasteiger partial charge on any atom is -0.464 e. The van der Waals surface area contributed by atoms with Crippen LogP contribution in [0.3, 0.4) is 0 Å². The third-order valence-corrected chi connectivity index (χ3v) is 4.97. The van der Waals surface area contributed by atoms with E-state index in [9.17, 15) is 4.79 Å². The summed E-state index contributed by atoms with van der Waals surface area (Å²) in [4.78, 5) is 18.7. The number of benzene rings is 1. The van der Waals surface area contributed by atoms with E-state index in [2.05, 4.69) is 43.1 Å². The van der Waals surface area contributed by atoms with Crippen molar-refractivity contribution in [2.24, 2.45) is 0 Å². The molecule has 0 aliphatic rings. The molecule has 130 valence electrons. The minimum absolute atomic E-state index is 0.102. The molecule has 0 radical (unpaired) electrons. The number of furan rings is 1. The lowest BCUT2D eigenvalue weighted by molar-refractivity contribution is 0.0770. The summed E-state index contributed by atoms with van der Waals surface area (Å²) in [6.45, 7) is 6.67. The molecule has 0 atom stereocenters. The number of hydrogen-bond donors (Lipinski definition) is 0. The van der Waals surface area contributed by atoms with Crippen LogP contribution in [0.2, 0.25) is 0 Å². The standard InChI is InChI=1S/C20H22N2O2S/c1-13(2)15-6-8-16(9-7-15)19-21-18(12-25-19)20(23)22(4)11-17-10-5-14(3)24-17/h5-10,12-13H,11H2,1-4H3. The number of thiazole rings is 1. The molecule has 1 amide bonds. The highest BCUT2D eigenvalue weighted by Gasteiger charge is 2.17. The van der Waals surface area contributed by atoms with Crippen molar-refractivity contribution in [2.75, 3.05) is 7.05 Å². The molecule has 0 unspecified atom stereocenters. The van der Waals surface area contributed by atoms with Gasteiger partial charge in [0.1, 0.15) is 22.2 Å². The Morgan fingerprint density at radius 1 is 1.20 bits per heavy atom. The molecule has 0 aliphatic heterocycles. The van der Waals surface area contributed by atoms with Gasteiger partial charge in [-0.2, -0.15) is 0 Å². The molecular weight excluding hydrogens is 332 g/mol. The lowest BCUT2D eigenvalue weighted by Crippen LogP contribution is -2.26. The van der Waals surface area contributed by atoms with Crippen molar-refractivity contribution in [2.45, 2.75) is 33.2 Å². The Morgan fingerprint density at radius 3 is 2.52 bits per heavy atom. The molecule has 0 saturated heterocycles. The van der Waals surface area contributed by atoms with Crippen LogP contribution in [0.1, 0.15) is 47.3 Å². The highest BCUT2D eigenvalue weighted by Crippen LogP contribution is 2.26. The molecule has 3 rings (SSSR count). The molecule has 3 aromatic rings. The topological polar surface area (TPSA) is 46.3 Å². The zero-order chi connectivity index (χ0) is 18.0. The summed E-state index contributed by atoms with van der Waals surface area (Å²) in [5.41, 5.74) is 2.81. The van der Waals surface area contributed by atoms with Crippen LogP contribution in [-0.2, 0) is 6.54 Å². The van der Waals surface area contributed by atoms with Gasteiger partial charge in [0.25, 0.3) is 5.91 Å². The summed E-state index contributed by atoms with van der Waals surface area (Å²) in [5.74, 6) is 2.02. The van der Waals surface area contributed by atoms with E-state index < -0.39 is 0 Å². The number of carbonyl (C=O) groups is 1. The third-order valence-electron chi connectivity index (χ3n) is 4.08. The molecule has 2 aromatic heterocycles. The van der Waals surface area contributed by atoms with Crippen molar-refractivity contribution >= 4 is 17.2 Å². The fourth-order valence-electron chi connectivity index (χ4n) is 2.59. The monoisotopic (exact) mass is 354 g/mol. The summed E-state index contributed by atoms with van der Waals surface area (Å²) >= 11 is 1.49. The van der Waals surface area contributed by atoms with E-state index in [-0.39, 0.29) is 5.91 Å². The molecule has 4 nitrogen and oxygen atoms in total. The van der Waals surface area contributed by atoms with Gasteiger partial charge >= 0.3 is 0 Å². The van der Waals surface area contributed by atoms with Crippen LogP contribution in [0.4, 0.5) is 0 Å². The Kier molecular flexibility index (Phi) is 5.04. The van der Waals surface area contributed by atoms with Crippen molar-refractivity contribution < 1.29 is 9.21 Å². The van der Waals surface area contributed by atoms with Crippen molar-refractivity contribution in [3.63, 3.8) is 0 Å². The third kappa shape index (κ3) is 3.99. The average molecular weight is 354 g/mol. The highest BCUT2D eigenvalue weighted by atomic mass is 32.1. The van der Waals surface area contributed by atoms with E-state index in [1.165, 1.54) is 16.9 Å². The molecule has 0 bridgehead atoms. The average Bonchev–Trinajstić information content (AvgIpc) is 3.23. The normalized spacial score (nSPS) is 11.1. The molecule has 0 aliphatic carbocycles. The van der Waals surface area contributed by atoms with Crippen LogP contribution >= 0.6 is 11.3 Å². The second-order valence-electron chi connectivity index (χ2n) is 6.49. The SMILES string of the molecule is Cc1ccc(CN(C)C(=O)c2csc(-c3ccc(C(C)C)cc3)n2)o1. The second-order valence-corrected chi connectivity index (χ2v) is 7.35. The minimum atomic E-state index is -0.102. The van der Waals surface area contributed by atoms with Gasteiger partial charge in [-0.3, -0.25) is 4.79 Å². The number of aromatic nitrogens is 1. The summed E-state index contributed by atoms with van der Waals surface area (Å²) < 4.78 is 5.53.